The molecule has 130 valence electrons. The maximum Gasteiger partial charge on any atom is 0.323 e. The molecule has 6 nitrogen and oxygen atoms in total. The number of aromatic amines is 2. The number of aryl methyl sites for hydroxylation is 1. The van der Waals surface area contributed by atoms with Gasteiger partial charge in [-0.1, -0.05) is 19.9 Å². The van der Waals surface area contributed by atoms with Crippen LogP contribution in [0.25, 0.3) is 11.0 Å². The molecule has 0 spiro atoms. The molecule has 6 heteroatoms. The first-order valence-electron chi connectivity index (χ1n) is 8.17. The highest BCUT2D eigenvalue weighted by Gasteiger charge is 2.08. The molecule has 0 saturated carbocycles. The van der Waals surface area contributed by atoms with E-state index in [1.807, 2.05) is 25.1 Å². The number of amides is 1. The fraction of sp³-hybridized carbons (Fsp3) is 0.263. The Bertz CT molecular complexity index is 969. The van der Waals surface area contributed by atoms with Crippen molar-refractivity contribution in [1.82, 2.24) is 9.97 Å². The number of hydrogen-bond donors (Lipinski definition) is 3. The van der Waals surface area contributed by atoms with Gasteiger partial charge in [-0.05, 0) is 54.3 Å². The van der Waals surface area contributed by atoms with Gasteiger partial charge in [0.15, 0.2) is 6.61 Å². The lowest BCUT2D eigenvalue weighted by Gasteiger charge is -2.12. The second-order valence-electron chi connectivity index (χ2n) is 6.35. The van der Waals surface area contributed by atoms with Crippen molar-refractivity contribution in [1.29, 1.82) is 0 Å². The third kappa shape index (κ3) is 3.91. The number of nitrogens with one attached hydrogen (secondary N) is 3. The minimum atomic E-state index is -0.276. The van der Waals surface area contributed by atoms with Gasteiger partial charge in [-0.25, -0.2) is 4.79 Å². The van der Waals surface area contributed by atoms with E-state index in [2.05, 4.69) is 29.1 Å². The molecule has 1 amide bonds. The van der Waals surface area contributed by atoms with E-state index in [1.54, 1.807) is 18.2 Å². The van der Waals surface area contributed by atoms with Crippen LogP contribution in [0.4, 0.5) is 5.69 Å². The topological polar surface area (TPSA) is 87.0 Å². The first-order valence-corrected chi connectivity index (χ1v) is 8.17. The number of rotatable bonds is 5. The molecular formula is C19H21N3O3. The summed E-state index contributed by atoms with van der Waals surface area (Å²) in [5, 5.41) is 2.76. The summed E-state index contributed by atoms with van der Waals surface area (Å²) in [5.74, 6) is 0.859. The van der Waals surface area contributed by atoms with E-state index < -0.39 is 0 Å². The molecule has 3 N–H and O–H groups in total. The number of hydrogen-bond acceptors (Lipinski definition) is 3. The summed E-state index contributed by atoms with van der Waals surface area (Å²) in [7, 11) is 0. The second kappa shape index (κ2) is 6.84. The number of benzene rings is 2. The van der Waals surface area contributed by atoms with Gasteiger partial charge in [-0.2, -0.15) is 0 Å². The Morgan fingerprint density at radius 3 is 2.60 bits per heavy atom. The molecule has 0 bridgehead atoms. The number of aromatic nitrogens is 2. The monoisotopic (exact) mass is 339 g/mol. The van der Waals surface area contributed by atoms with E-state index in [9.17, 15) is 9.59 Å². The van der Waals surface area contributed by atoms with Gasteiger partial charge in [0, 0.05) is 5.69 Å². The van der Waals surface area contributed by atoms with Crippen LogP contribution in [-0.2, 0) is 4.79 Å². The maximum atomic E-state index is 12.1. The third-order valence-corrected chi connectivity index (χ3v) is 4.03. The minimum absolute atomic E-state index is 0.0812. The van der Waals surface area contributed by atoms with Crippen LogP contribution in [0.1, 0.15) is 30.9 Å². The van der Waals surface area contributed by atoms with Crippen molar-refractivity contribution >= 4 is 22.6 Å². The summed E-state index contributed by atoms with van der Waals surface area (Å²) >= 11 is 0. The molecule has 0 fully saturated rings. The molecule has 0 atom stereocenters. The van der Waals surface area contributed by atoms with Crippen molar-refractivity contribution in [2.24, 2.45) is 0 Å². The van der Waals surface area contributed by atoms with Crippen LogP contribution in [0, 0.1) is 6.92 Å². The summed E-state index contributed by atoms with van der Waals surface area (Å²) in [5.41, 5.74) is 4.08. The average Bonchev–Trinajstić information content (AvgIpc) is 2.92. The fourth-order valence-electron chi connectivity index (χ4n) is 2.84. The lowest BCUT2D eigenvalue weighted by atomic mass is 9.98. The van der Waals surface area contributed by atoms with Crippen LogP contribution >= 0.6 is 0 Å². The van der Waals surface area contributed by atoms with Gasteiger partial charge in [-0.3, -0.25) is 4.79 Å². The van der Waals surface area contributed by atoms with Crippen LogP contribution in [0.5, 0.6) is 5.75 Å². The molecule has 1 heterocycles. The number of anilines is 1. The van der Waals surface area contributed by atoms with Crippen molar-refractivity contribution in [3.05, 3.63) is 58.0 Å². The number of carbonyl (C=O) groups is 1. The first kappa shape index (κ1) is 16.8. The van der Waals surface area contributed by atoms with E-state index in [4.69, 9.17) is 4.74 Å². The summed E-state index contributed by atoms with van der Waals surface area (Å²) in [6, 6.07) is 11.0. The van der Waals surface area contributed by atoms with Gasteiger partial charge >= 0.3 is 5.69 Å². The van der Waals surface area contributed by atoms with Crippen LogP contribution < -0.4 is 15.7 Å². The molecule has 0 aliphatic heterocycles. The number of carbonyl (C=O) groups excluding carboxylic acids is 1. The zero-order valence-electron chi connectivity index (χ0n) is 14.5. The lowest BCUT2D eigenvalue weighted by molar-refractivity contribution is -0.118. The number of H-pyrrole nitrogens is 2. The zero-order chi connectivity index (χ0) is 18.0. The predicted molar refractivity (Wildman–Crippen MR) is 98.3 cm³/mol. The molecule has 0 radical (unpaired) electrons. The highest BCUT2D eigenvalue weighted by Crippen LogP contribution is 2.23. The lowest BCUT2D eigenvalue weighted by Crippen LogP contribution is -2.20. The van der Waals surface area contributed by atoms with E-state index in [-0.39, 0.29) is 18.2 Å². The quantitative estimate of drug-likeness (QED) is 0.666. The van der Waals surface area contributed by atoms with E-state index in [0.717, 1.165) is 5.56 Å². The standard InChI is InChI=1S/C19H21N3O3/c1-11(2)15-6-5-14(8-12(15)3)25-10-18(23)20-13-4-7-16-17(9-13)22-19(24)21-16/h4-9,11H,10H2,1-3H3,(H,20,23)(H2,21,22,24). The van der Waals surface area contributed by atoms with Crippen LogP contribution in [0.2, 0.25) is 0 Å². The Morgan fingerprint density at radius 2 is 1.88 bits per heavy atom. The van der Waals surface area contributed by atoms with Crippen molar-refractivity contribution < 1.29 is 9.53 Å². The molecule has 0 aliphatic rings. The molecule has 1 aromatic heterocycles. The molecule has 2 aromatic carbocycles. The van der Waals surface area contributed by atoms with Crippen molar-refractivity contribution in [2.45, 2.75) is 26.7 Å². The largest absolute Gasteiger partial charge is 0.484 e. The normalized spacial score (nSPS) is 11.0. The van der Waals surface area contributed by atoms with Gasteiger partial charge in [0.1, 0.15) is 5.75 Å². The molecule has 0 unspecified atom stereocenters. The Kier molecular flexibility index (Phi) is 4.61. The van der Waals surface area contributed by atoms with E-state index in [1.165, 1.54) is 5.56 Å². The Hall–Kier alpha value is -3.02. The fourth-order valence-corrected chi connectivity index (χ4v) is 2.84. The summed E-state index contributed by atoms with van der Waals surface area (Å²) in [4.78, 5) is 28.6. The second-order valence-corrected chi connectivity index (χ2v) is 6.35. The summed E-state index contributed by atoms with van der Waals surface area (Å²) in [6.07, 6.45) is 0. The minimum Gasteiger partial charge on any atom is -0.484 e. The Balaban J connectivity index is 1.62. The maximum absolute atomic E-state index is 12.1. The molecule has 0 aliphatic carbocycles. The van der Waals surface area contributed by atoms with Gasteiger partial charge in [0.25, 0.3) is 5.91 Å². The van der Waals surface area contributed by atoms with Crippen molar-refractivity contribution in [2.75, 3.05) is 11.9 Å². The Labute approximate surface area is 145 Å². The average molecular weight is 339 g/mol. The number of ether oxygens (including phenoxy) is 1. The Morgan fingerprint density at radius 1 is 1.12 bits per heavy atom. The van der Waals surface area contributed by atoms with Crippen molar-refractivity contribution in [3.63, 3.8) is 0 Å². The van der Waals surface area contributed by atoms with E-state index in [0.29, 0.717) is 28.4 Å². The molecule has 0 saturated heterocycles. The third-order valence-electron chi connectivity index (χ3n) is 4.03. The zero-order valence-corrected chi connectivity index (χ0v) is 14.5. The molecule has 25 heavy (non-hydrogen) atoms. The molecule has 3 aromatic rings. The van der Waals surface area contributed by atoms with Crippen LogP contribution in [-0.4, -0.2) is 22.5 Å². The first-order chi connectivity index (χ1) is 11.9. The van der Waals surface area contributed by atoms with E-state index >= 15 is 0 Å². The van der Waals surface area contributed by atoms with Crippen LogP contribution in [0.3, 0.4) is 0 Å². The summed E-state index contributed by atoms with van der Waals surface area (Å²) in [6.45, 7) is 6.24. The summed E-state index contributed by atoms with van der Waals surface area (Å²) < 4.78 is 5.57. The number of imidazole rings is 1. The highest BCUT2D eigenvalue weighted by atomic mass is 16.5. The smallest absolute Gasteiger partial charge is 0.323 e. The molecular weight excluding hydrogens is 318 g/mol. The van der Waals surface area contributed by atoms with Crippen LogP contribution in [0.15, 0.2) is 41.2 Å². The SMILES string of the molecule is Cc1cc(OCC(=O)Nc2ccc3[nH]c(=O)[nH]c3c2)ccc1C(C)C. The highest BCUT2D eigenvalue weighted by molar-refractivity contribution is 5.93. The van der Waals surface area contributed by atoms with Gasteiger partial charge in [-0.15, -0.1) is 0 Å². The van der Waals surface area contributed by atoms with Crippen molar-refractivity contribution in [3.8, 4) is 5.75 Å². The van der Waals surface area contributed by atoms with Gasteiger partial charge in [0.2, 0.25) is 0 Å². The predicted octanol–water partition coefficient (Wildman–Crippen LogP) is 3.31. The van der Waals surface area contributed by atoms with Gasteiger partial charge < -0.3 is 20.0 Å². The molecule has 3 rings (SSSR count). The van der Waals surface area contributed by atoms with Gasteiger partial charge in [0.05, 0.1) is 11.0 Å². The number of fused-ring (bicyclic) bond motifs is 1.